The highest BCUT2D eigenvalue weighted by Crippen LogP contribution is 2.18. The molecule has 3 rings (SSSR count). The Labute approximate surface area is 150 Å². The van der Waals surface area contributed by atoms with Crippen molar-refractivity contribution in [2.24, 2.45) is 0 Å². The number of ether oxygens (including phenoxy) is 1. The fourth-order valence-electron chi connectivity index (χ4n) is 2.79. The normalized spacial score (nSPS) is 15.6. The van der Waals surface area contributed by atoms with E-state index in [-0.39, 0.29) is 12.0 Å². The number of hydrogen-bond acceptors (Lipinski definition) is 2. The van der Waals surface area contributed by atoms with E-state index in [2.05, 4.69) is 34.7 Å². The van der Waals surface area contributed by atoms with Gasteiger partial charge in [-0.15, -0.1) is 0 Å². The number of hydrogen-bond donors (Lipinski definition) is 0. The summed E-state index contributed by atoms with van der Waals surface area (Å²) in [6, 6.07) is 18.0. The predicted molar refractivity (Wildman–Crippen MR) is 99.3 cm³/mol. The largest absolute Gasteiger partial charge is 0.373 e. The Balaban J connectivity index is 1.48. The van der Waals surface area contributed by atoms with Crippen molar-refractivity contribution in [3.05, 3.63) is 69.3 Å². The number of likely N-dealkylation sites (tertiary alicyclic amines) is 1. The number of amides is 1. The van der Waals surface area contributed by atoms with E-state index in [0.29, 0.717) is 6.61 Å². The lowest BCUT2D eigenvalue weighted by molar-refractivity contribution is -0.000379. The maximum absolute atomic E-state index is 12.5. The van der Waals surface area contributed by atoms with Gasteiger partial charge in [-0.1, -0.05) is 30.3 Å². The van der Waals surface area contributed by atoms with E-state index in [1.165, 1.54) is 5.56 Å². The summed E-state index contributed by atoms with van der Waals surface area (Å²) in [7, 11) is 0. The molecule has 0 radical (unpaired) electrons. The second kappa shape index (κ2) is 7.93. The summed E-state index contributed by atoms with van der Waals surface area (Å²) in [6.45, 7) is 2.19. The molecule has 120 valence electrons. The molecule has 0 atom stereocenters. The van der Waals surface area contributed by atoms with Gasteiger partial charge in [0, 0.05) is 22.2 Å². The Morgan fingerprint density at radius 1 is 1.04 bits per heavy atom. The molecule has 2 aromatic rings. The van der Waals surface area contributed by atoms with E-state index in [1.54, 1.807) is 0 Å². The average Bonchev–Trinajstić information content (AvgIpc) is 2.61. The first-order chi connectivity index (χ1) is 11.2. The SMILES string of the molecule is O=C(c1ccc(I)cc1)N1CCC(OCc2ccccc2)CC1. The summed E-state index contributed by atoms with van der Waals surface area (Å²) >= 11 is 2.25. The fraction of sp³-hybridized carbons (Fsp3) is 0.316. The molecule has 1 fully saturated rings. The Morgan fingerprint density at radius 3 is 2.35 bits per heavy atom. The van der Waals surface area contributed by atoms with Crippen LogP contribution in [0, 0.1) is 3.57 Å². The minimum Gasteiger partial charge on any atom is -0.373 e. The second-order valence-electron chi connectivity index (χ2n) is 5.80. The van der Waals surface area contributed by atoms with Crippen LogP contribution in [0.15, 0.2) is 54.6 Å². The number of carbonyl (C=O) groups is 1. The molecule has 0 spiro atoms. The van der Waals surface area contributed by atoms with Crippen LogP contribution in [0.25, 0.3) is 0 Å². The van der Waals surface area contributed by atoms with Crippen LogP contribution < -0.4 is 0 Å². The van der Waals surface area contributed by atoms with Gasteiger partial charge >= 0.3 is 0 Å². The molecule has 1 saturated heterocycles. The van der Waals surface area contributed by atoms with Gasteiger partial charge in [0.25, 0.3) is 5.91 Å². The summed E-state index contributed by atoms with van der Waals surface area (Å²) < 4.78 is 7.13. The Bertz CT molecular complexity index is 634. The van der Waals surface area contributed by atoms with Crippen LogP contribution in [0.4, 0.5) is 0 Å². The molecule has 3 nitrogen and oxygen atoms in total. The van der Waals surface area contributed by atoms with Crippen molar-refractivity contribution in [3.63, 3.8) is 0 Å². The number of carbonyl (C=O) groups excluding carboxylic acids is 1. The second-order valence-corrected chi connectivity index (χ2v) is 7.04. The third kappa shape index (κ3) is 4.54. The van der Waals surface area contributed by atoms with E-state index < -0.39 is 0 Å². The molecule has 1 heterocycles. The van der Waals surface area contributed by atoms with Crippen molar-refractivity contribution >= 4 is 28.5 Å². The molecule has 0 saturated carbocycles. The van der Waals surface area contributed by atoms with Gasteiger partial charge in [0.05, 0.1) is 12.7 Å². The van der Waals surface area contributed by atoms with Crippen LogP contribution in [-0.4, -0.2) is 30.0 Å². The molecule has 1 aliphatic rings. The summed E-state index contributed by atoms with van der Waals surface area (Å²) in [5.74, 6) is 0.128. The molecular formula is C19H20INO2. The maximum atomic E-state index is 12.5. The first-order valence-corrected chi connectivity index (χ1v) is 9.00. The molecule has 1 aliphatic heterocycles. The number of rotatable bonds is 4. The first-order valence-electron chi connectivity index (χ1n) is 7.93. The fourth-order valence-corrected chi connectivity index (χ4v) is 3.15. The number of nitrogens with zero attached hydrogens (tertiary/aromatic N) is 1. The summed E-state index contributed by atoms with van der Waals surface area (Å²) in [5, 5.41) is 0. The number of piperidine rings is 1. The molecule has 1 amide bonds. The van der Waals surface area contributed by atoms with Crippen molar-refractivity contribution in [2.45, 2.75) is 25.6 Å². The zero-order valence-electron chi connectivity index (χ0n) is 13.0. The minimum absolute atomic E-state index is 0.128. The van der Waals surface area contributed by atoms with Crippen molar-refractivity contribution < 1.29 is 9.53 Å². The average molecular weight is 421 g/mol. The zero-order chi connectivity index (χ0) is 16.1. The molecule has 4 heteroatoms. The third-order valence-electron chi connectivity index (χ3n) is 4.15. The zero-order valence-corrected chi connectivity index (χ0v) is 15.1. The first kappa shape index (κ1) is 16.5. The summed E-state index contributed by atoms with van der Waals surface area (Å²) in [5.41, 5.74) is 1.97. The van der Waals surface area contributed by atoms with Gasteiger partial charge in [0.1, 0.15) is 0 Å². The third-order valence-corrected chi connectivity index (χ3v) is 4.87. The highest BCUT2D eigenvalue weighted by molar-refractivity contribution is 14.1. The number of halogens is 1. The lowest BCUT2D eigenvalue weighted by Crippen LogP contribution is -2.40. The van der Waals surface area contributed by atoms with Gasteiger partial charge < -0.3 is 9.64 Å². The molecule has 0 unspecified atom stereocenters. The lowest BCUT2D eigenvalue weighted by Gasteiger charge is -2.32. The van der Waals surface area contributed by atoms with Gasteiger partial charge in [-0.2, -0.15) is 0 Å². The van der Waals surface area contributed by atoms with Crippen LogP contribution in [0.1, 0.15) is 28.8 Å². The Hall–Kier alpha value is -1.40. The molecule has 0 aliphatic carbocycles. The monoisotopic (exact) mass is 421 g/mol. The van der Waals surface area contributed by atoms with Gasteiger partial charge in [0.15, 0.2) is 0 Å². The Morgan fingerprint density at radius 2 is 1.70 bits per heavy atom. The van der Waals surface area contributed by atoms with E-state index >= 15 is 0 Å². The maximum Gasteiger partial charge on any atom is 0.253 e. The molecular weight excluding hydrogens is 401 g/mol. The van der Waals surface area contributed by atoms with Gasteiger partial charge in [-0.05, 0) is 65.3 Å². The lowest BCUT2D eigenvalue weighted by atomic mass is 10.1. The quantitative estimate of drug-likeness (QED) is 0.696. The molecule has 2 aromatic carbocycles. The van der Waals surface area contributed by atoms with Crippen LogP contribution in [0.3, 0.4) is 0 Å². The van der Waals surface area contributed by atoms with Crippen molar-refractivity contribution in [3.8, 4) is 0 Å². The molecule has 0 N–H and O–H groups in total. The van der Waals surface area contributed by atoms with E-state index in [4.69, 9.17) is 4.74 Å². The highest BCUT2D eigenvalue weighted by atomic mass is 127. The summed E-state index contributed by atoms with van der Waals surface area (Å²) in [6.07, 6.45) is 2.06. The van der Waals surface area contributed by atoms with Crippen LogP contribution >= 0.6 is 22.6 Å². The predicted octanol–water partition coefficient (Wildman–Crippen LogP) is 4.11. The molecule has 0 bridgehead atoms. The van der Waals surface area contributed by atoms with Gasteiger partial charge in [0.2, 0.25) is 0 Å². The van der Waals surface area contributed by atoms with Crippen LogP contribution in [-0.2, 0) is 11.3 Å². The van der Waals surface area contributed by atoms with E-state index in [0.717, 1.165) is 35.1 Å². The standard InChI is InChI=1S/C19H20INO2/c20-17-8-6-16(7-9-17)19(22)21-12-10-18(11-13-21)23-14-15-4-2-1-3-5-15/h1-9,18H,10-14H2. The van der Waals surface area contributed by atoms with Crippen molar-refractivity contribution in [1.82, 2.24) is 4.90 Å². The summed E-state index contributed by atoms with van der Waals surface area (Å²) in [4.78, 5) is 14.4. The smallest absolute Gasteiger partial charge is 0.253 e. The van der Waals surface area contributed by atoms with Gasteiger partial charge in [-0.3, -0.25) is 4.79 Å². The van der Waals surface area contributed by atoms with E-state index in [1.807, 2.05) is 47.4 Å². The number of benzene rings is 2. The van der Waals surface area contributed by atoms with Crippen LogP contribution in [0.2, 0.25) is 0 Å². The van der Waals surface area contributed by atoms with Gasteiger partial charge in [-0.25, -0.2) is 0 Å². The van der Waals surface area contributed by atoms with E-state index in [9.17, 15) is 4.79 Å². The molecule has 23 heavy (non-hydrogen) atoms. The van der Waals surface area contributed by atoms with Crippen molar-refractivity contribution in [1.29, 1.82) is 0 Å². The van der Waals surface area contributed by atoms with Crippen molar-refractivity contribution in [2.75, 3.05) is 13.1 Å². The van der Waals surface area contributed by atoms with Crippen LogP contribution in [0.5, 0.6) is 0 Å². The Kier molecular flexibility index (Phi) is 5.67. The minimum atomic E-state index is 0.128. The highest BCUT2D eigenvalue weighted by Gasteiger charge is 2.24. The molecule has 0 aromatic heterocycles. The topological polar surface area (TPSA) is 29.5 Å².